The molecule has 6 nitrogen and oxygen atoms in total. The first kappa shape index (κ1) is 23.2. The summed E-state index contributed by atoms with van der Waals surface area (Å²) >= 11 is 2.48. The average molecular weight is 490 g/mol. The molecule has 3 aromatic carbocycles. The van der Waals surface area contributed by atoms with Gasteiger partial charge in [0.15, 0.2) is 11.7 Å². The Morgan fingerprint density at radius 1 is 1.03 bits per heavy atom. The van der Waals surface area contributed by atoms with Crippen LogP contribution >= 0.6 is 23.1 Å². The fourth-order valence-electron chi connectivity index (χ4n) is 2.94. The number of carbonyl (C=O) groups excluding carboxylic acids is 2. The Kier molecular flexibility index (Phi) is 7.32. The van der Waals surface area contributed by atoms with Gasteiger partial charge in [-0.05, 0) is 48.5 Å². The lowest BCUT2D eigenvalue weighted by atomic mass is 10.2. The van der Waals surface area contributed by atoms with E-state index in [1.165, 1.54) is 35.2 Å². The number of carbonyl (C=O) groups is 2. The van der Waals surface area contributed by atoms with Gasteiger partial charge in [0.1, 0.15) is 11.9 Å². The number of esters is 1. The number of thiazole rings is 1. The predicted octanol–water partition coefficient (Wildman–Crippen LogP) is 5.77. The minimum Gasteiger partial charge on any atom is -0.452 e. The monoisotopic (exact) mass is 489 g/mol. The summed E-state index contributed by atoms with van der Waals surface area (Å²) in [5, 5.41) is 14.0. The Labute approximate surface area is 203 Å². The number of nitriles is 1. The molecule has 1 aromatic heterocycles. The van der Waals surface area contributed by atoms with Crippen LogP contribution < -0.4 is 5.32 Å². The molecule has 1 N–H and O–H groups in total. The molecule has 0 bridgehead atoms. The molecule has 4 aromatic rings. The number of benzene rings is 3. The van der Waals surface area contributed by atoms with E-state index < -0.39 is 18.5 Å². The van der Waals surface area contributed by atoms with Crippen LogP contribution in [0.1, 0.15) is 15.9 Å². The van der Waals surface area contributed by atoms with E-state index in [-0.39, 0.29) is 5.82 Å². The number of nitrogens with zero attached hydrogens (tertiary/aromatic N) is 2. The largest absolute Gasteiger partial charge is 0.452 e. The Balaban J connectivity index is 1.37. The molecular formula is C25H16FN3O3S2. The maximum Gasteiger partial charge on any atom is 0.339 e. The van der Waals surface area contributed by atoms with Crippen molar-refractivity contribution in [2.45, 2.75) is 9.79 Å². The van der Waals surface area contributed by atoms with Crippen LogP contribution in [0.2, 0.25) is 0 Å². The summed E-state index contributed by atoms with van der Waals surface area (Å²) in [6, 6.07) is 21.9. The van der Waals surface area contributed by atoms with E-state index in [1.54, 1.807) is 60.0 Å². The fraction of sp³-hybridized carbons (Fsp3) is 0.0400. The highest BCUT2D eigenvalue weighted by Crippen LogP contribution is 2.33. The van der Waals surface area contributed by atoms with E-state index in [2.05, 4.69) is 16.4 Å². The van der Waals surface area contributed by atoms with Crippen molar-refractivity contribution in [2.24, 2.45) is 0 Å². The molecule has 0 saturated heterocycles. The zero-order valence-electron chi connectivity index (χ0n) is 17.5. The van der Waals surface area contributed by atoms with Crippen molar-refractivity contribution in [3.8, 4) is 17.3 Å². The molecule has 0 spiro atoms. The van der Waals surface area contributed by atoms with Crippen LogP contribution in [0.4, 0.5) is 9.52 Å². The van der Waals surface area contributed by atoms with Crippen LogP contribution in [0.5, 0.6) is 0 Å². The third-order valence-electron chi connectivity index (χ3n) is 4.56. The van der Waals surface area contributed by atoms with E-state index >= 15 is 0 Å². The van der Waals surface area contributed by atoms with Crippen LogP contribution in [0, 0.1) is 17.1 Å². The van der Waals surface area contributed by atoms with E-state index in [0.29, 0.717) is 31.7 Å². The summed E-state index contributed by atoms with van der Waals surface area (Å²) in [6.45, 7) is -0.488. The highest BCUT2D eigenvalue weighted by Gasteiger charge is 2.17. The summed E-state index contributed by atoms with van der Waals surface area (Å²) in [7, 11) is 0. The third kappa shape index (κ3) is 5.67. The molecule has 0 saturated carbocycles. The number of hydrogen-bond acceptors (Lipinski definition) is 7. The number of nitrogens with one attached hydrogen (secondary N) is 1. The highest BCUT2D eigenvalue weighted by atomic mass is 32.2. The highest BCUT2D eigenvalue weighted by molar-refractivity contribution is 7.99. The quantitative estimate of drug-likeness (QED) is 0.332. The second kappa shape index (κ2) is 10.7. The van der Waals surface area contributed by atoms with Gasteiger partial charge in [0.2, 0.25) is 0 Å². The molecule has 0 unspecified atom stereocenters. The van der Waals surface area contributed by atoms with Crippen LogP contribution in [-0.4, -0.2) is 23.5 Å². The van der Waals surface area contributed by atoms with Crippen molar-refractivity contribution in [1.82, 2.24) is 4.98 Å². The number of anilines is 1. The second-order valence-corrected chi connectivity index (χ2v) is 8.82. The van der Waals surface area contributed by atoms with E-state index in [4.69, 9.17) is 4.74 Å². The molecule has 0 atom stereocenters. The van der Waals surface area contributed by atoms with E-state index in [9.17, 15) is 19.2 Å². The van der Waals surface area contributed by atoms with Crippen LogP contribution in [-0.2, 0) is 9.53 Å². The van der Waals surface area contributed by atoms with Crippen molar-refractivity contribution in [3.05, 3.63) is 95.1 Å². The maximum atomic E-state index is 13.1. The summed E-state index contributed by atoms with van der Waals surface area (Å²) in [6.07, 6.45) is 0. The van der Waals surface area contributed by atoms with Gasteiger partial charge in [-0.15, -0.1) is 11.3 Å². The molecule has 1 heterocycles. The van der Waals surface area contributed by atoms with Gasteiger partial charge in [-0.3, -0.25) is 10.1 Å². The lowest BCUT2D eigenvalue weighted by Crippen LogP contribution is -2.21. The molecule has 0 aliphatic rings. The van der Waals surface area contributed by atoms with Gasteiger partial charge in [0.25, 0.3) is 5.91 Å². The molecule has 168 valence electrons. The number of rotatable bonds is 7. The Hall–Kier alpha value is -4.00. The van der Waals surface area contributed by atoms with Crippen LogP contribution in [0.15, 0.2) is 88.0 Å². The topological polar surface area (TPSA) is 92.1 Å². The summed E-state index contributed by atoms with van der Waals surface area (Å²) in [4.78, 5) is 30.6. The van der Waals surface area contributed by atoms with Gasteiger partial charge >= 0.3 is 5.97 Å². The van der Waals surface area contributed by atoms with Crippen molar-refractivity contribution in [3.63, 3.8) is 0 Å². The molecule has 0 aliphatic carbocycles. The van der Waals surface area contributed by atoms with Crippen molar-refractivity contribution in [2.75, 3.05) is 11.9 Å². The van der Waals surface area contributed by atoms with Gasteiger partial charge in [0, 0.05) is 20.7 Å². The lowest BCUT2D eigenvalue weighted by molar-refractivity contribution is -0.119. The number of hydrogen-bond donors (Lipinski definition) is 1. The molecule has 34 heavy (non-hydrogen) atoms. The standard InChI is InChI=1S/C25H16FN3O3S2/c26-18-11-9-16(10-12-18)20-15-33-25(28-20)29-23(30)14-32-24(31)19-6-2-4-8-22(19)34-21-7-3-1-5-17(21)13-27/h1-12,15H,14H2,(H,28,29,30). The molecule has 4 rings (SSSR count). The Morgan fingerprint density at radius 2 is 1.74 bits per heavy atom. The first-order valence-electron chi connectivity index (χ1n) is 9.98. The molecule has 0 fully saturated rings. The third-order valence-corrected chi connectivity index (χ3v) is 6.47. The molecule has 1 amide bonds. The van der Waals surface area contributed by atoms with Crippen molar-refractivity contribution in [1.29, 1.82) is 5.26 Å². The molecule has 9 heteroatoms. The normalized spacial score (nSPS) is 10.4. The van der Waals surface area contributed by atoms with Gasteiger partial charge in [-0.2, -0.15) is 5.26 Å². The smallest absolute Gasteiger partial charge is 0.339 e. The Bertz CT molecular complexity index is 1380. The molecule has 0 aliphatic heterocycles. The van der Waals surface area contributed by atoms with Gasteiger partial charge in [-0.1, -0.05) is 36.0 Å². The fourth-order valence-corrected chi connectivity index (χ4v) is 4.69. The van der Waals surface area contributed by atoms with Crippen LogP contribution in [0.25, 0.3) is 11.3 Å². The average Bonchev–Trinajstić information content (AvgIpc) is 3.32. The number of aromatic nitrogens is 1. The first-order chi connectivity index (χ1) is 16.5. The minimum atomic E-state index is -0.654. The molecule has 0 radical (unpaired) electrons. The van der Waals surface area contributed by atoms with Crippen molar-refractivity contribution >= 4 is 40.1 Å². The summed E-state index contributed by atoms with van der Waals surface area (Å²) in [5.74, 6) is -1.53. The second-order valence-electron chi connectivity index (χ2n) is 6.88. The van der Waals surface area contributed by atoms with Gasteiger partial charge in [-0.25, -0.2) is 14.2 Å². The Morgan fingerprint density at radius 3 is 2.50 bits per heavy atom. The molecular weight excluding hydrogens is 473 g/mol. The van der Waals surface area contributed by atoms with Gasteiger partial charge in [0.05, 0.1) is 16.8 Å². The SMILES string of the molecule is N#Cc1ccccc1Sc1ccccc1C(=O)OCC(=O)Nc1nc(-c2ccc(F)cc2)cs1. The zero-order chi connectivity index (χ0) is 23.9. The van der Waals surface area contributed by atoms with Crippen molar-refractivity contribution < 1.29 is 18.7 Å². The summed E-state index contributed by atoms with van der Waals surface area (Å²) < 4.78 is 18.3. The van der Waals surface area contributed by atoms with Gasteiger partial charge < -0.3 is 4.74 Å². The van der Waals surface area contributed by atoms with E-state index in [1.807, 2.05) is 6.07 Å². The zero-order valence-corrected chi connectivity index (χ0v) is 19.2. The number of ether oxygens (including phenoxy) is 1. The minimum absolute atomic E-state index is 0.292. The first-order valence-corrected chi connectivity index (χ1v) is 11.7. The lowest BCUT2D eigenvalue weighted by Gasteiger charge is -2.10. The number of halogens is 1. The summed E-state index contributed by atoms with van der Waals surface area (Å²) in [5.41, 5.74) is 2.11. The number of amides is 1. The maximum absolute atomic E-state index is 13.1. The van der Waals surface area contributed by atoms with E-state index in [0.717, 1.165) is 5.56 Å². The predicted molar refractivity (Wildman–Crippen MR) is 128 cm³/mol. The van der Waals surface area contributed by atoms with Crippen LogP contribution in [0.3, 0.4) is 0 Å².